The summed E-state index contributed by atoms with van der Waals surface area (Å²) in [5, 5.41) is 0.939. The van der Waals surface area contributed by atoms with Crippen molar-refractivity contribution in [3.05, 3.63) is 107 Å². The molecule has 0 aliphatic rings. The van der Waals surface area contributed by atoms with Crippen LogP contribution in [0.25, 0.3) is 11.0 Å². The number of fused-ring (bicyclic) bond motifs is 1. The second-order valence-corrected chi connectivity index (χ2v) is 7.09. The second kappa shape index (κ2) is 7.73. The number of furan rings is 1. The molecule has 0 saturated carbocycles. The van der Waals surface area contributed by atoms with Gasteiger partial charge < -0.3 is 9.32 Å². The van der Waals surface area contributed by atoms with Crippen molar-refractivity contribution in [2.45, 2.75) is 26.4 Å². The van der Waals surface area contributed by atoms with Gasteiger partial charge in [-0.1, -0.05) is 72.8 Å². The first-order valence-electron chi connectivity index (χ1n) is 9.52. The Morgan fingerprint density at radius 3 is 2.36 bits per heavy atom. The summed E-state index contributed by atoms with van der Waals surface area (Å²) >= 11 is 0. The minimum absolute atomic E-state index is 0.0819. The average Bonchev–Trinajstić information content (AvgIpc) is 3.17. The molecular formula is C25H23NO2. The molecule has 0 bridgehead atoms. The lowest BCUT2D eigenvalue weighted by Crippen LogP contribution is -2.33. The van der Waals surface area contributed by atoms with Gasteiger partial charge in [-0.05, 0) is 42.7 Å². The van der Waals surface area contributed by atoms with E-state index in [1.807, 2.05) is 65.6 Å². The number of nitrogens with zero attached hydrogens (tertiary/aromatic N) is 1. The van der Waals surface area contributed by atoms with Crippen LogP contribution in [0.15, 0.2) is 89.3 Å². The summed E-state index contributed by atoms with van der Waals surface area (Å²) in [5.74, 6) is 0.272. The fourth-order valence-electron chi connectivity index (χ4n) is 3.50. The lowest BCUT2D eigenvalue weighted by Gasteiger charge is -2.29. The van der Waals surface area contributed by atoms with Gasteiger partial charge in [0.1, 0.15) is 5.58 Å². The van der Waals surface area contributed by atoms with Crippen molar-refractivity contribution in [2.24, 2.45) is 0 Å². The summed E-state index contributed by atoms with van der Waals surface area (Å²) in [7, 11) is 0. The van der Waals surface area contributed by atoms with E-state index in [1.165, 1.54) is 5.56 Å². The standard InChI is InChI=1S/C25H23NO2/c1-18-10-6-7-14-22(18)17-26(19(2)20-11-4-3-5-12-20)25(27)24-16-21-13-8-9-15-23(21)28-24/h3-16,19H,17H2,1-2H3/t19-/m1/s1. The number of carbonyl (C=O) groups excluding carboxylic acids is 1. The van der Waals surface area contributed by atoms with Gasteiger partial charge in [-0.3, -0.25) is 4.79 Å². The third-order valence-corrected chi connectivity index (χ3v) is 5.25. The van der Waals surface area contributed by atoms with E-state index >= 15 is 0 Å². The molecule has 0 fully saturated rings. The minimum Gasteiger partial charge on any atom is -0.451 e. The van der Waals surface area contributed by atoms with Crippen LogP contribution >= 0.6 is 0 Å². The Labute approximate surface area is 165 Å². The van der Waals surface area contributed by atoms with Gasteiger partial charge in [-0.15, -0.1) is 0 Å². The Bertz CT molecular complexity index is 1060. The number of benzene rings is 3. The highest BCUT2D eigenvalue weighted by atomic mass is 16.3. The maximum atomic E-state index is 13.5. The first kappa shape index (κ1) is 18.1. The monoisotopic (exact) mass is 369 g/mol. The molecule has 0 aliphatic carbocycles. The third kappa shape index (κ3) is 3.56. The van der Waals surface area contributed by atoms with E-state index in [1.54, 1.807) is 0 Å². The number of hydrogen-bond donors (Lipinski definition) is 0. The minimum atomic E-state index is -0.101. The van der Waals surface area contributed by atoms with E-state index in [0.717, 1.165) is 22.1 Å². The second-order valence-electron chi connectivity index (χ2n) is 7.09. The number of para-hydroxylation sites is 1. The number of rotatable bonds is 5. The zero-order valence-corrected chi connectivity index (χ0v) is 16.1. The van der Waals surface area contributed by atoms with Crippen LogP contribution in [0, 0.1) is 6.92 Å². The number of hydrogen-bond acceptors (Lipinski definition) is 2. The summed E-state index contributed by atoms with van der Waals surface area (Å²) in [6.45, 7) is 4.67. The summed E-state index contributed by atoms with van der Waals surface area (Å²) in [4.78, 5) is 15.4. The van der Waals surface area contributed by atoms with Crippen LogP contribution in [-0.2, 0) is 6.54 Å². The number of carbonyl (C=O) groups is 1. The largest absolute Gasteiger partial charge is 0.451 e. The van der Waals surface area contributed by atoms with Crippen molar-refractivity contribution < 1.29 is 9.21 Å². The highest BCUT2D eigenvalue weighted by Gasteiger charge is 2.26. The molecule has 3 nitrogen and oxygen atoms in total. The molecule has 0 spiro atoms. The van der Waals surface area contributed by atoms with E-state index in [0.29, 0.717) is 12.3 Å². The van der Waals surface area contributed by atoms with Crippen LogP contribution in [0.2, 0.25) is 0 Å². The molecule has 3 heteroatoms. The van der Waals surface area contributed by atoms with Crippen molar-refractivity contribution in [2.75, 3.05) is 0 Å². The summed E-state index contributed by atoms with van der Waals surface area (Å²) < 4.78 is 5.87. The van der Waals surface area contributed by atoms with Crippen molar-refractivity contribution in [3.8, 4) is 0 Å². The van der Waals surface area contributed by atoms with Crippen LogP contribution in [0.1, 0.15) is 40.2 Å². The van der Waals surface area contributed by atoms with Crippen LogP contribution < -0.4 is 0 Å². The molecular weight excluding hydrogens is 346 g/mol. The summed E-state index contributed by atoms with van der Waals surface area (Å²) in [6, 6.07) is 27.8. The van der Waals surface area contributed by atoms with Gasteiger partial charge in [0.2, 0.25) is 0 Å². The molecule has 140 valence electrons. The van der Waals surface area contributed by atoms with Crippen molar-refractivity contribution in [1.29, 1.82) is 0 Å². The van der Waals surface area contributed by atoms with Gasteiger partial charge in [-0.2, -0.15) is 0 Å². The van der Waals surface area contributed by atoms with Crippen molar-refractivity contribution in [1.82, 2.24) is 4.90 Å². The Balaban J connectivity index is 1.73. The summed E-state index contributed by atoms with van der Waals surface area (Å²) in [5.41, 5.74) is 4.13. The number of aryl methyl sites for hydroxylation is 1. The zero-order chi connectivity index (χ0) is 19.5. The van der Waals surface area contributed by atoms with E-state index < -0.39 is 0 Å². The van der Waals surface area contributed by atoms with Gasteiger partial charge in [-0.25, -0.2) is 0 Å². The van der Waals surface area contributed by atoms with Crippen molar-refractivity contribution in [3.63, 3.8) is 0 Å². The first-order valence-corrected chi connectivity index (χ1v) is 9.52. The van der Waals surface area contributed by atoms with Gasteiger partial charge in [0, 0.05) is 11.9 Å². The van der Waals surface area contributed by atoms with Crippen LogP contribution in [0.3, 0.4) is 0 Å². The molecule has 4 rings (SSSR count). The Morgan fingerprint density at radius 2 is 1.61 bits per heavy atom. The van der Waals surface area contributed by atoms with Gasteiger partial charge in [0.25, 0.3) is 5.91 Å². The van der Waals surface area contributed by atoms with Gasteiger partial charge >= 0.3 is 0 Å². The topological polar surface area (TPSA) is 33.5 Å². The molecule has 28 heavy (non-hydrogen) atoms. The molecule has 1 aromatic heterocycles. The van der Waals surface area contributed by atoms with Gasteiger partial charge in [0.05, 0.1) is 6.04 Å². The highest BCUT2D eigenvalue weighted by molar-refractivity contribution is 5.96. The number of amides is 1. The van der Waals surface area contributed by atoms with Crippen LogP contribution in [0.5, 0.6) is 0 Å². The van der Waals surface area contributed by atoms with E-state index in [9.17, 15) is 4.79 Å². The van der Waals surface area contributed by atoms with E-state index in [4.69, 9.17) is 4.42 Å². The van der Waals surface area contributed by atoms with E-state index in [2.05, 4.69) is 38.1 Å². The SMILES string of the molecule is Cc1ccccc1CN(C(=O)c1cc2ccccc2o1)[C@H](C)c1ccccc1. The Kier molecular flexibility index (Phi) is 4.98. The predicted molar refractivity (Wildman–Crippen MR) is 112 cm³/mol. The van der Waals surface area contributed by atoms with Crippen molar-refractivity contribution >= 4 is 16.9 Å². The smallest absolute Gasteiger partial charge is 0.290 e. The molecule has 0 unspecified atom stereocenters. The molecule has 0 saturated heterocycles. The molecule has 4 aromatic rings. The van der Waals surface area contributed by atoms with Gasteiger partial charge in [0.15, 0.2) is 5.76 Å². The average molecular weight is 369 g/mol. The quantitative estimate of drug-likeness (QED) is 0.423. The fraction of sp³-hybridized carbons (Fsp3) is 0.160. The molecule has 0 N–H and O–H groups in total. The summed E-state index contributed by atoms with van der Waals surface area (Å²) in [6.07, 6.45) is 0. The third-order valence-electron chi connectivity index (χ3n) is 5.25. The lowest BCUT2D eigenvalue weighted by molar-refractivity contribution is 0.0643. The zero-order valence-electron chi connectivity index (χ0n) is 16.1. The molecule has 1 heterocycles. The highest BCUT2D eigenvalue weighted by Crippen LogP contribution is 2.27. The molecule has 0 aliphatic heterocycles. The maximum absolute atomic E-state index is 13.5. The fourth-order valence-corrected chi connectivity index (χ4v) is 3.50. The lowest BCUT2D eigenvalue weighted by atomic mass is 10.0. The molecule has 3 aromatic carbocycles. The molecule has 0 radical (unpaired) electrons. The normalized spacial score (nSPS) is 12.1. The molecule has 1 atom stereocenters. The Hall–Kier alpha value is -3.33. The Morgan fingerprint density at radius 1 is 0.929 bits per heavy atom. The maximum Gasteiger partial charge on any atom is 0.290 e. The predicted octanol–water partition coefficient (Wildman–Crippen LogP) is 6.14. The van der Waals surface area contributed by atoms with E-state index in [-0.39, 0.29) is 11.9 Å². The first-order chi connectivity index (χ1) is 13.6. The molecule has 1 amide bonds. The van der Waals surface area contributed by atoms with Crippen LogP contribution in [-0.4, -0.2) is 10.8 Å². The van der Waals surface area contributed by atoms with Crippen LogP contribution in [0.4, 0.5) is 0 Å².